The molecule has 0 amide bonds. The molecule has 1 aliphatic rings. The van der Waals surface area contributed by atoms with E-state index in [9.17, 15) is 9.18 Å². The second kappa shape index (κ2) is 8.81. The highest BCUT2D eigenvalue weighted by atomic mass is 19.1. The van der Waals surface area contributed by atoms with Gasteiger partial charge in [0.25, 0.3) is 5.56 Å². The van der Waals surface area contributed by atoms with Gasteiger partial charge in [0.1, 0.15) is 18.2 Å². The molecule has 1 aromatic heterocycles. The summed E-state index contributed by atoms with van der Waals surface area (Å²) in [6, 6.07) is 14.0. The number of pyridine rings is 1. The first-order chi connectivity index (χ1) is 14.9. The molecule has 0 radical (unpaired) electrons. The molecule has 1 fully saturated rings. The van der Waals surface area contributed by atoms with Crippen LogP contribution in [-0.2, 0) is 28.7 Å². The fourth-order valence-corrected chi connectivity index (χ4v) is 4.50. The summed E-state index contributed by atoms with van der Waals surface area (Å²) in [5.74, 6) is 0.132. The van der Waals surface area contributed by atoms with E-state index in [1.54, 1.807) is 44.0 Å². The summed E-state index contributed by atoms with van der Waals surface area (Å²) in [5, 5.41) is 0.955. The summed E-state index contributed by atoms with van der Waals surface area (Å²) in [7, 11) is 5.16. The number of fused-ring (bicyclic) bond motifs is 1. The minimum Gasteiger partial charge on any atom is -0.489 e. The van der Waals surface area contributed by atoms with Crippen LogP contribution in [0.2, 0.25) is 0 Å². The molecule has 3 aromatic rings. The van der Waals surface area contributed by atoms with Crippen molar-refractivity contribution in [2.45, 2.75) is 44.0 Å². The Morgan fingerprint density at radius 1 is 1.06 bits per heavy atom. The van der Waals surface area contributed by atoms with Crippen molar-refractivity contribution >= 4 is 10.9 Å². The molecule has 5 nitrogen and oxygen atoms in total. The summed E-state index contributed by atoms with van der Waals surface area (Å²) < 4.78 is 33.4. The molecule has 1 heterocycles. The summed E-state index contributed by atoms with van der Waals surface area (Å²) in [6.07, 6.45) is 3.51. The monoisotopic (exact) mass is 425 g/mol. The van der Waals surface area contributed by atoms with E-state index >= 15 is 0 Å². The lowest BCUT2D eigenvalue weighted by Gasteiger charge is -2.39. The average Bonchev–Trinajstić information content (AvgIpc) is 2.80. The number of aromatic nitrogens is 1. The quantitative estimate of drug-likeness (QED) is 0.575. The highest BCUT2D eigenvalue weighted by molar-refractivity contribution is 5.79. The van der Waals surface area contributed by atoms with E-state index in [0.29, 0.717) is 12.4 Å². The van der Waals surface area contributed by atoms with Crippen LogP contribution in [-0.4, -0.2) is 24.9 Å². The number of halogens is 1. The molecule has 4 rings (SSSR count). The predicted molar refractivity (Wildman–Crippen MR) is 118 cm³/mol. The molecule has 6 heteroatoms. The van der Waals surface area contributed by atoms with Crippen molar-refractivity contribution in [3.8, 4) is 5.75 Å². The summed E-state index contributed by atoms with van der Waals surface area (Å²) >= 11 is 0. The minimum atomic E-state index is -0.525. The third-order valence-corrected chi connectivity index (χ3v) is 6.46. The third kappa shape index (κ3) is 4.36. The molecule has 0 unspecified atom stereocenters. The van der Waals surface area contributed by atoms with Gasteiger partial charge in [-0.15, -0.1) is 0 Å². The number of aryl methyl sites for hydroxylation is 1. The van der Waals surface area contributed by atoms with Crippen LogP contribution >= 0.6 is 0 Å². The van der Waals surface area contributed by atoms with Crippen molar-refractivity contribution < 1.29 is 18.6 Å². The van der Waals surface area contributed by atoms with Crippen molar-refractivity contribution in [1.82, 2.24) is 4.57 Å². The van der Waals surface area contributed by atoms with Crippen molar-refractivity contribution in [3.63, 3.8) is 0 Å². The molecule has 31 heavy (non-hydrogen) atoms. The maximum atomic E-state index is 14.5. The Labute approximate surface area is 181 Å². The van der Waals surface area contributed by atoms with Gasteiger partial charge in [-0.25, -0.2) is 4.39 Å². The predicted octanol–water partition coefficient (Wildman–Crippen LogP) is 4.69. The first-order valence-corrected chi connectivity index (χ1v) is 10.5. The van der Waals surface area contributed by atoms with Gasteiger partial charge in [-0.05, 0) is 72.5 Å². The van der Waals surface area contributed by atoms with Crippen molar-refractivity contribution in [2.24, 2.45) is 7.05 Å². The number of benzene rings is 2. The largest absolute Gasteiger partial charge is 0.489 e. The van der Waals surface area contributed by atoms with E-state index in [0.717, 1.165) is 47.7 Å². The SMILES string of the molecule is COC1CCC(OC)(c2cc(F)cc(OCc3ccc4c(ccc(=O)n4C)c3)c2)CC1. The number of methoxy groups -OCH3 is 2. The van der Waals surface area contributed by atoms with E-state index in [4.69, 9.17) is 14.2 Å². The second-order valence-electron chi connectivity index (χ2n) is 8.22. The highest BCUT2D eigenvalue weighted by Crippen LogP contribution is 2.42. The van der Waals surface area contributed by atoms with E-state index < -0.39 is 5.60 Å². The molecule has 0 N–H and O–H groups in total. The van der Waals surface area contributed by atoms with Crippen LogP contribution in [0, 0.1) is 5.82 Å². The second-order valence-corrected chi connectivity index (χ2v) is 8.22. The average molecular weight is 426 g/mol. The van der Waals surface area contributed by atoms with Gasteiger partial charge in [-0.2, -0.15) is 0 Å². The molecule has 164 valence electrons. The molecule has 2 aromatic carbocycles. The Kier molecular flexibility index (Phi) is 6.12. The molecule has 1 aliphatic carbocycles. The Morgan fingerprint density at radius 3 is 2.55 bits per heavy atom. The maximum Gasteiger partial charge on any atom is 0.250 e. The fourth-order valence-electron chi connectivity index (χ4n) is 4.50. The van der Waals surface area contributed by atoms with Crippen molar-refractivity contribution in [1.29, 1.82) is 0 Å². The molecule has 0 atom stereocenters. The molecular formula is C25H28FNO4. The summed E-state index contributed by atoms with van der Waals surface area (Å²) in [5.41, 5.74) is 2.03. The molecule has 0 spiro atoms. The van der Waals surface area contributed by atoms with Crippen LogP contribution < -0.4 is 10.3 Å². The smallest absolute Gasteiger partial charge is 0.250 e. The van der Waals surface area contributed by atoms with Crippen LogP contribution in [0.5, 0.6) is 5.75 Å². The van der Waals surface area contributed by atoms with Crippen LogP contribution in [0.15, 0.2) is 53.3 Å². The third-order valence-electron chi connectivity index (χ3n) is 6.46. The zero-order valence-corrected chi connectivity index (χ0v) is 18.2. The molecule has 0 bridgehead atoms. The number of ether oxygens (including phenoxy) is 3. The van der Waals surface area contributed by atoms with Gasteiger partial charge in [-0.3, -0.25) is 4.79 Å². The molecule has 0 aliphatic heterocycles. The lowest BCUT2D eigenvalue weighted by molar-refractivity contribution is -0.0764. The lowest BCUT2D eigenvalue weighted by atomic mass is 9.78. The van der Waals surface area contributed by atoms with Gasteiger partial charge in [0.05, 0.1) is 17.2 Å². The summed E-state index contributed by atoms with van der Waals surface area (Å²) in [6.45, 7) is 0.299. The number of rotatable bonds is 6. The Morgan fingerprint density at radius 2 is 1.84 bits per heavy atom. The normalized spacial score (nSPS) is 21.4. The Balaban J connectivity index is 1.54. The van der Waals surface area contributed by atoms with E-state index in [1.807, 2.05) is 24.3 Å². The maximum absolute atomic E-state index is 14.5. The van der Waals surface area contributed by atoms with Gasteiger partial charge in [0.15, 0.2) is 0 Å². The molecule has 1 saturated carbocycles. The number of hydrogen-bond donors (Lipinski definition) is 0. The zero-order valence-electron chi connectivity index (χ0n) is 18.2. The van der Waals surface area contributed by atoms with Crippen molar-refractivity contribution in [2.75, 3.05) is 14.2 Å². The fraction of sp³-hybridized carbons (Fsp3) is 0.400. The van der Waals surface area contributed by atoms with Gasteiger partial charge in [-0.1, -0.05) is 6.07 Å². The first kappa shape index (κ1) is 21.5. The lowest BCUT2D eigenvalue weighted by Crippen LogP contribution is -2.36. The van der Waals surface area contributed by atoms with E-state index in [2.05, 4.69) is 0 Å². The van der Waals surface area contributed by atoms with Crippen molar-refractivity contribution in [3.05, 3.63) is 75.8 Å². The van der Waals surface area contributed by atoms with Gasteiger partial charge in [0.2, 0.25) is 0 Å². The Bertz CT molecular complexity index is 1130. The summed E-state index contributed by atoms with van der Waals surface area (Å²) in [4.78, 5) is 11.8. The van der Waals surface area contributed by atoms with Gasteiger partial charge >= 0.3 is 0 Å². The van der Waals surface area contributed by atoms with Gasteiger partial charge in [0, 0.05) is 33.4 Å². The van der Waals surface area contributed by atoms with Crippen LogP contribution in [0.25, 0.3) is 10.9 Å². The van der Waals surface area contributed by atoms with Crippen LogP contribution in [0.1, 0.15) is 36.8 Å². The molecule has 0 saturated heterocycles. The van der Waals surface area contributed by atoms with Crippen LogP contribution in [0.4, 0.5) is 4.39 Å². The highest BCUT2D eigenvalue weighted by Gasteiger charge is 2.37. The Hall–Kier alpha value is -2.70. The van der Waals surface area contributed by atoms with E-state index in [-0.39, 0.29) is 17.5 Å². The first-order valence-electron chi connectivity index (χ1n) is 10.5. The van der Waals surface area contributed by atoms with Gasteiger partial charge < -0.3 is 18.8 Å². The number of hydrogen-bond acceptors (Lipinski definition) is 4. The van der Waals surface area contributed by atoms with Crippen LogP contribution in [0.3, 0.4) is 0 Å². The topological polar surface area (TPSA) is 49.7 Å². The zero-order chi connectivity index (χ0) is 22.0. The van der Waals surface area contributed by atoms with E-state index in [1.165, 1.54) is 6.07 Å². The minimum absolute atomic E-state index is 0.0459. The number of nitrogens with zero attached hydrogens (tertiary/aromatic N) is 1. The standard InChI is InChI=1S/C25H28FNO4/c1-27-23-6-4-17(12-18(23)5-7-24(27)28)16-31-22-14-19(13-20(26)15-22)25(30-3)10-8-21(29-2)9-11-25/h4-7,12-15,21H,8-11,16H2,1-3H3. The molecular weight excluding hydrogens is 397 g/mol.